The maximum Gasteiger partial charge on any atom is 0.407 e. The van der Waals surface area contributed by atoms with E-state index in [0.29, 0.717) is 5.56 Å². The Hall–Kier alpha value is -4.57. The predicted molar refractivity (Wildman–Crippen MR) is 131 cm³/mol. The molecular weight excluding hydrogens is 444 g/mol. The normalized spacial score (nSPS) is 12.3. The number of nitrogens with one attached hydrogen (secondary N) is 2. The summed E-state index contributed by atoms with van der Waals surface area (Å²) in [6.45, 7) is 0.0155. The number of benzene rings is 3. The van der Waals surface area contributed by atoms with E-state index in [0.717, 1.165) is 22.3 Å². The van der Waals surface area contributed by atoms with Crippen LogP contribution in [0.5, 0.6) is 0 Å². The molecule has 2 amide bonds. The van der Waals surface area contributed by atoms with Crippen LogP contribution in [0, 0.1) is 11.8 Å². The monoisotopic (exact) mass is 468 g/mol. The number of ether oxygens (including phenoxy) is 1. The molecular formula is C28H24N2O5. The summed E-state index contributed by atoms with van der Waals surface area (Å²) in [5.74, 6) is 2.31. The molecule has 0 heterocycles. The highest BCUT2D eigenvalue weighted by Crippen LogP contribution is 2.44. The largest absolute Gasteiger partial charge is 0.481 e. The molecule has 176 valence electrons. The second-order valence-electron chi connectivity index (χ2n) is 7.99. The van der Waals surface area contributed by atoms with Gasteiger partial charge in [-0.15, -0.1) is 0 Å². The van der Waals surface area contributed by atoms with E-state index in [1.165, 1.54) is 0 Å². The van der Waals surface area contributed by atoms with Crippen molar-refractivity contribution in [2.24, 2.45) is 0 Å². The van der Waals surface area contributed by atoms with Crippen molar-refractivity contribution in [1.82, 2.24) is 10.6 Å². The Morgan fingerprint density at radius 3 is 2.09 bits per heavy atom. The smallest absolute Gasteiger partial charge is 0.407 e. The Balaban J connectivity index is 1.24. The van der Waals surface area contributed by atoms with Gasteiger partial charge in [0.2, 0.25) is 0 Å². The number of carbonyl (C=O) groups is 3. The van der Waals surface area contributed by atoms with E-state index >= 15 is 0 Å². The molecule has 0 radical (unpaired) electrons. The van der Waals surface area contributed by atoms with Crippen molar-refractivity contribution in [2.45, 2.75) is 11.8 Å². The number of carboxylic acid groups (broad SMARTS) is 1. The van der Waals surface area contributed by atoms with E-state index < -0.39 is 23.9 Å². The molecule has 0 spiro atoms. The first kappa shape index (κ1) is 23.6. The zero-order valence-electron chi connectivity index (χ0n) is 18.9. The van der Waals surface area contributed by atoms with Gasteiger partial charge in [0.15, 0.2) is 0 Å². The lowest BCUT2D eigenvalue weighted by Gasteiger charge is -2.14. The Labute approximate surface area is 203 Å². The lowest BCUT2D eigenvalue weighted by atomic mass is 9.98. The molecule has 0 saturated heterocycles. The Morgan fingerprint density at radius 2 is 1.46 bits per heavy atom. The van der Waals surface area contributed by atoms with Crippen LogP contribution in [-0.4, -0.2) is 42.8 Å². The SMILES string of the molecule is O=C(C#CCNC(=O)OCC1c2ccccc2-c2ccccc21)NCC(C(=O)O)c1ccccc1. The van der Waals surface area contributed by atoms with E-state index in [-0.39, 0.29) is 25.6 Å². The molecule has 7 heteroatoms. The van der Waals surface area contributed by atoms with Gasteiger partial charge in [-0.25, -0.2) is 4.79 Å². The molecule has 3 N–H and O–H groups in total. The first-order valence-corrected chi connectivity index (χ1v) is 11.2. The number of rotatable bonds is 7. The summed E-state index contributed by atoms with van der Waals surface area (Å²) in [4.78, 5) is 35.6. The van der Waals surface area contributed by atoms with Crippen LogP contribution in [0.4, 0.5) is 4.79 Å². The Morgan fingerprint density at radius 1 is 0.857 bits per heavy atom. The molecule has 0 fully saturated rings. The van der Waals surface area contributed by atoms with E-state index in [2.05, 4.69) is 34.6 Å². The van der Waals surface area contributed by atoms with Crippen LogP contribution >= 0.6 is 0 Å². The molecule has 3 aromatic rings. The fraction of sp³-hybridized carbons (Fsp3) is 0.179. The van der Waals surface area contributed by atoms with E-state index in [9.17, 15) is 19.5 Å². The minimum absolute atomic E-state index is 0.0446. The van der Waals surface area contributed by atoms with E-state index in [1.807, 2.05) is 36.4 Å². The maximum atomic E-state index is 12.1. The minimum atomic E-state index is -1.04. The van der Waals surface area contributed by atoms with Gasteiger partial charge in [-0.3, -0.25) is 9.59 Å². The van der Waals surface area contributed by atoms with Gasteiger partial charge in [-0.2, -0.15) is 0 Å². The summed E-state index contributed by atoms with van der Waals surface area (Å²) in [5, 5.41) is 14.4. The summed E-state index contributed by atoms with van der Waals surface area (Å²) in [6.07, 6.45) is -0.628. The third kappa shape index (κ3) is 5.68. The van der Waals surface area contributed by atoms with Gasteiger partial charge >= 0.3 is 12.1 Å². The molecule has 0 saturated carbocycles. The highest BCUT2D eigenvalue weighted by Gasteiger charge is 2.28. The summed E-state index contributed by atoms with van der Waals surface area (Å²) in [5.41, 5.74) is 5.12. The predicted octanol–water partition coefficient (Wildman–Crippen LogP) is 3.51. The second kappa shape index (κ2) is 11.0. The highest BCUT2D eigenvalue weighted by molar-refractivity contribution is 5.94. The van der Waals surface area contributed by atoms with Crippen molar-refractivity contribution >= 4 is 18.0 Å². The molecule has 0 aliphatic heterocycles. The molecule has 1 aliphatic rings. The van der Waals surface area contributed by atoms with Gasteiger partial charge in [0, 0.05) is 12.5 Å². The van der Waals surface area contributed by atoms with Crippen molar-refractivity contribution in [3.05, 3.63) is 95.6 Å². The average molecular weight is 469 g/mol. The lowest BCUT2D eigenvalue weighted by Crippen LogP contribution is -2.31. The Bertz CT molecular complexity index is 1250. The van der Waals surface area contributed by atoms with Gasteiger partial charge in [0.05, 0.1) is 12.5 Å². The number of amides is 2. The van der Waals surface area contributed by atoms with Crippen LogP contribution in [0.25, 0.3) is 11.1 Å². The van der Waals surface area contributed by atoms with Crippen molar-refractivity contribution in [2.75, 3.05) is 19.7 Å². The van der Waals surface area contributed by atoms with Crippen molar-refractivity contribution in [1.29, 1.82) is 0 Å². The topological polar surface area (TPSA) is 105 Å². The number of alkyl carbamates (subject to hydrolysis) is 1. The molecule has 35 heavy (non-hydrogen) atoms. The van der Waals surface area contributed by atoms with Crippen LogP contribution in [0.15, 0.2) is 78.9 Å². The van der Waals surface area contributed by atoms with Crippen LogP contribution in [0.1, 0.15) is 28.5 Å². The van der Waals surface area contributed by atoms with Crippen LogP contribution in [-0.2, 0) is 14.3 Å². The number of fused-ring (bicyclic) bond motifs is 3. The zero-order chi connectivity index (χ0) is 24.6. The molecule has 4 rings (SSSR count). The highest BCUT2D eigenvalue weighted by atomic mass is 16.5. The van der Waals surface area contributed by atoms with Crippen LogP contribution in [0.2, 0.25) is 0 Å². The van der Waals surface area contributed by atoms with Crippen LogP contribution in [0.3, 0.4) is 0 Å². The number of aliphatic carboxylic acids is 1. The fourth-order valence-electron chi connectivity index (χ4n) is 4.16. The average Bonchev–Trinajstić information content (AvgIpc) is 3.19. The third-order valence-corrected chi connectivity index (χ3v) is 5.83. The number of carbonyl (C=O) groups excluding carboxylic acids is 2. The summed E-state index contributed by atoms with van der Waals surface area (Å²) in [6, 6.07) is 24.8. The van der Waals surface area contributed by atoms with E-state index in [1.54, 1.807) is 30.3 Å². The standard InChI is InChI=1S/C28H24N2O5/c31-26(30-17-24(27(32)33)19-9-2-1-3-10-19)15-8-16-29-28(34)35-18-25-22-13-6-4-11-20(22)21-12-5-7-14-23(21)25/h1-7,9-14,24-25H,16-18H2,(H,29,34)(H,30,31)(H,32,33). The minimum Gasteiger partial charge on any atom is -0.481 e. The van der Waals surface area contributed by atoms with Gasteiger partial charge < -0.3 is 20.5 Å². The van der Waals surface area contributed by atoms with Gasteiger partial charge in [-0.05, 0) is 33.7 Å². The molecule has 0 bridgehead atoms. The summed E-state index contributed by atoms with van der Waals surface area (Å²) in [7, 11) is 0. The van der Waals surface area contributed by atoms with Crippen molar-refractivity contribution < 1.29 is 24.2 Å². The first-order chi connectivity index (χ1) is 17.0. The van der Waals surface area contributed by atoms with Gasteiger partial charge in [0.1, 0.15) is 6.61 Å². The van der Waals surface area contributed by atoms with E-state index in [4.69, 9.17) is 4.74 Å². The summed E-state index contributed by atoms with van der Waals surface area (Å²) < 4.78 is 5.42. The van der Waals surface area contributed by atoms with Crippen LogP contribution < -0.4 is 10.6 Å². The maximum absolute atomic E-state index is 12.1. The molecule has 7 nitrogen and oxygen atoms in total. The molecule has 1 aliphatic carbocycles. The number of carboxylic acids is 1. The van der Waals surface area contributed by atoms with Crippen molar-refractivity contribution in [3.63, 3.8) is 0 Å². The fourth-order valence-corrected chi connectivity index (χ4v) is 4.16. The first-order valence-electron chi connectivity index (χ1n) is 11.2. The number of hydrogen-bond acceptors (Lipinski definition) is 4. The molecule has 1 atom stereocenters. The van der Waals surface area contributed by atoms with Gasteiger partial charge in [0.25, 0.3) is 5.91 Å². The second-order valence-corrected chi connectivity index (χ2v) is 7.99. The van der Waals surface area contributed by atoms with Gasteiger partial charge in [-0.1, -0.05) is 84.8 Å². The summed E-state index contributed by atoms with van der Waals surface area (Å²) >= 11 is 0. The molecule has 3 aromatic carbocycles. The molecule has 0 aromatic heterocycles. The number of hydrogen-bond donors (Lipinski definition) is 3. The van der Waals surface area contributed by atoms with Crippen molar-refractivity contribution in [3.8, 4) is 23.0 Å². The quantitative estimate of drug-likeness (QED) is 0.461. The Kier molecular flexibility index (Phi) is 7.44. The zero-order valence-corrected chi connectivity index (χ0v) is 18.9. The molecule has 1 unspecified atom stereocenters. The third-order valence-electron chi connectivity index (χ3n) is 5.83. The lowest BCUT2D eigenvalue weighted by molar-refractivity contribution is -0.138.